The van der Waals surface area contributed by atoms with Crippen molar-refractivity contribution in [2.75, 3.05) is 37.8 Å². The largest absolute Gasteiger partial charge is 0.477 e. The molecule has 100 valence electrons. The summed E-state index contributed by atoms with van der Waals surface area (Å²) in [6.45, 7) is 5.48. The van der Waals surface area contributed by atoms with Gasteiger partial charge in [0.2, 0.25) is 0 Å². The van der Waals surface area contributed by atoms with Gasteiger partial charge >= 0.3 is 5.97 Å². The number of nitrogens with zero attached hydrogens (tertiary/aromatic N) is 2. The van der Waals surface area contributed by atoms with Crippen LogP contribution in [0.3, 0.4) is 0 Å². The van der Waals surface area contributed by atoms with Gasteiger partial charge in [0.15, 0.2) is 5.13 Å². The Morgan fingerprint density at radius 3 is 2.89 bits per heavy atom. The zero-order valence-electron chi connectivity index (χ0n) is 10.2. The number of thiazole rings is 1. The third-order valence-electron chi connectivity index (χ3n) is 2.60. The highest BCUT2D eigenvalue weighted by atomic mass is 32.1. The fourth-order valence-electron chi connectivity index (χ4n) is 1.69. The molecule has 1 saturated heterocycles. The van der Waals surface area contributed by atoms with Crippen LogP contribution in [-0.2, 0) is 16.1 Å². The van der Waals surface area contributed by atoms with E-state index in [0.717, 1.165) is 18.2 Å². The average molecular weight is 272 g/mol. The van der Waals surface area contributed by atoms with Gasteiger partial charge in [-0.25, -0.2) is 9.78 Å². The van der Waals surface area contributed by atoms with Gasteiger partial charge in [0.05, 0.1) is 25.5 Å². The summed E-state index contributed by atoms with van der Waals surface area (Å²) in [5.74, 6) is -0.943. The molecule has 7 heteroatoms. The van der Waals surface area contributed by atoms with E-state index in [1.54, 1.807) is 0 Å². The number of carbonyl (C=O) groups is 1. The molecule has 0 radical (unpaired) electrons. The lowest BCUT2D eigenvalue weighted by Crippen LogP contribution is -2.36. The zero-order chi connectivity index (χ0) is 13.0. The van der Waals surface area contributed by atoms with Crippen LogP contribution < -0.4 is 4.90 Å². The van der Waals surface area contributed by atoms with Crippen LogP contribution in [0.4, 0.5) is 5.13 Å². The quantitative estimate of drug-likeness (QED) is 0.868. The molecule has 1 aromatic rings. The van der Waals surface area contributed by atoms with Crippen LogP contribution in [-0.4, -0.2) is 49.0 Å². The Balaban J connectivity index is 2.17. The first-order valence-electron chi connectivity index (χ1n) is 5.85. The van der Waals surface area contributed by atoms with Gasteiger partial charge in [-0.2, -0.15) is 0 Å². The lowest BCUT2D eigenvalue weighted by molar-refractivity contribution is 0.0693. The van der Waals surface area contributed by atoms with E-state index in [9.17, 15) is 4.79 Å². The minimum atomic E-state index is -0.943. The molecule has 1 fully saturated rings. The van der Waals surface area contributed by atoms with Crippen LogP contribution in [0.5, 0.6) is 0 Å². The van der Waals surface area contributed by atoms with Gasteiger partial charge in [-0.3, -0.25) is 0 Å². The summed E-state index contributed by atoms with van der Waals surface area (Å²) in [6.07, 6.45) is 0. The molecule has 0 bridgehead atoms. The number of anilines is 1. The monoisotopic (exact) mass is 272 g/mol. The highest BCUT2D eigenvalue weighted by Gasteiger charge is 2.21. The Morgan fingerprint density at radius 2 is 2.28 bits per heavy atom. The number of rotatable bonds is 5. The lowest BCUT2D eigenvalue weighted by Gasteiger charge is -2.25. The topological polar surface area (TPSA) is 71.9 Å². The lowest BCUT2D eigenvalue weighted by atomic mass is 10.4. The Morgan fingerprint density at radius 1 is 1.56 bits per heavy atom. The van der Waals surface area contributed by atoms with E-state index < -0.39 is 5.97 Å². The molecule has 0 saturated carbocycles. The van der Waals surface area contributed by atoms with Crippen LogP contribution in [0.2, 0.25) is 0 Å². The standard InChI is InChI=1S/C11H16N2O4S/c1-2-16-7-8-9(10(14)15)18-11(12-8)13-3-5-17-6-4-13/h2-7H2,1H3,(H,14,15). The molecule has 0 spiro atoms. The number of aromatic nitrogens is 1. The summed E-state index contributed by atoms with van der Waals surface area (Å²) in [5, 5.41) is 9.89. The molecule has 6 nitrogen and oxygen atoms in total. The van der Waals surface area contributed by atoms with Crippen molar-refractivity contribution in [1.29, 1.82) is 0 Å². The number of carboxylic acids is 1. The Bertz CT molecular complexity index is 415. The van der Waals surface area contributed by atoms with E-state index in [0.29, 0.717) is 25.5 Å². The summed E-state index contributed by atoms with van der Waals surface area (Å²) in [5.41, 5.74) is 0.510. The van der Waals surface area contributed by atoms with E-state index in [2.05, 4.69) is 9.88 Å². The van der Waals surface area contributed by atoms with Crippen molar-refractivity contribution >= 4 is 22.4 Å². The molecule has 1 N–H and O–H groups in total. The van der Waals surface area contributed by atoms with Crippen LogP contribution in [0.25, 0.3) is 0 Å². The molecule has 0 unspecified atom stereocenters. The number of carboxylic acid groups (broad SMARTS) is 1. The second-order valence-corrected chi connectivity index (χ2v) is 4.79. The van der Waals surface area contributed by atoms with Gasteiger partial charge in [0, 0.05) is 19.7 Å². The van der Waals surface area contributed by atoms with E-state index in [-0.39, 0.29) is 11.5 Å². The van der Waals surface area contributed by atoms with Crippen molar-refractivity contribution in [3.05, 3.63) is 10.6 Å². The summed E-state index contributed by atoms with van der Waals surface area (Å²) in [7, 11) is 0. The first-order valence-corrected chi connectivity index (χ1v) is 6.67. The molecule has 0 atom stereocenters. The predicted octanol–water partition coefficient (Wildman–Crippen LogP) is 1.21. The molecular formula is C11H16N2O4S. The summed E-state index contributed by atoms with van der Waals surface area (Å²) >= 11 is 1.20. The Hall–Kier alpha value is -1.18. The van der Waals surface area contributed by atoms with Crippen molar-refractivity contribution < 1.29 is 19.4 Å². The molecule has 1 aliphatic rings. The van der Waals surface area contributed by atoms with Crippen molar-refractivity contribution in [1.82, 2.24) is 4.98 Å². The normalized spacial score (nSPS) is 15.9. The minimum absolute atomic E-state index is 0.249. The SMILES string of the molecule is CCOCc1nc(N2CCOCC2)sc1C(=O)O. The van der Waals surface area contributed by atoms with E-state index in [1.165, 1.54) is 11.3 Å². The van der Waals surface area contributed by atoms with Gasteiger partial charge in [-0.15, -0.1) is 0 Å². The summed E-state index contributed by atoms with van der Waals surface area (Å²) in [6, 6.07) is 0. The van der Waals surface area contributed by atoms with Crippen molar-refractivity contribution in [2.24, 2.45) is 0 Å². The van der Waals surface area contributed by atoms with E-state index in [1.807, 2.05) is 6.92 Å². The summed E-state index contributed by atoms with van der Waals surface area (Å²) in [4.78, 5) is 17.8. The van der Waals surface area contributed by atoms with Crippen molar-refractivity contribution in [2.45, 2.75) is 13.5 Å². The summed E-state index contributed by atoms with van der Waals surface area (Å²) < 4.78 is 10.5. The van der Waals surface area contributed by atoms with Crippen molar-refractivity contribution in [3.63, 3.8) is 0 Å². The Kier molecular flexibility index (Phi) is 4.51. The molecule has 1 aromatic heterocycles. The first-order chi connectivity index (χ1) is 8.72. The average Bonchev–Trinajstić information content (AvgIpc) is 2.81. The van der Waals surface area contributed by atoms with Gasteiger partial charge in [-0.1, -0.05) is 11.3 Å². The molecule has 2 heterocycles. The molecule has 0 amide bonds. The third kappa shape index (κ3) is 2.98. The zero-order valence-corrected chi connectivity index (χ0v) is 11.0. The maximum absolute atomic E-state index is 11.2. The minimum Gasteiger partial charge on any atom is -0.477 e. The second-order valence-electron chi connectivity index (χ2n) is 3.81. The van der Waals surface area contributed by atoms with Crippen LogP contribution >= 0.6 is 11.3 Å². The molecule has 0 aromatic carbocycles. The first kappa shape index (κ1) is 13.3. The number of morpholine rings is 1. The molecule has 18 heavy (non-hydrogen) atoms. The number of ether oxygens (including phenoxy) is 2. The van der Waals surface area contributed by atoms with E-state index in [4.69, 9.17) is 14.6 Å². The van der Waals surface area contributed by atoms with Gasteiger partial charge in [-0.05, 0) is 6.92 Å². The van der Waals surface area contributed by atoms with Gasteiger partial charge in [0.25, 0.3) is 0 Å². The van der Waals surface area contributed by atoms with Crippen LogP contribution in [0.1, 0.15) is 22.3 Å². The fourth-order valence-corrected chi connectivity index (χ4v) is 2.65. The van der Waals surface area contributed by atoms with Crippen LogP contribution in [0.15, 0.2) is 0 Å². The maximum atomic E-state index is 11.2. The number of aromatic carboxylic acids is 1. The second kappa shape index (κ2) is 6.12. The molecule has 1 aliphatic heterocycles. The molecular weight excluding hydrogens is 256 g/mol. The number of hydrogen-bond donors (Lipinski definition) is 1. The fraction of sp³-hybridized carbons (Fsp3) is 0.636. The molecule has 0 aliphatic carbocycles. The molecule has 2 rings (SSSR count). The maximum Gasteiger partial charge on any atom is 0.347 e. The van der Waals surface area contributed by atoms with Gasteiger partial charge < -0.3 is 19.5 Å². The highest BCUT2D eigenvalue weighted by Crippen LogP contribution is 2.27. The predicted molar refractivity (Wildman–Crippen MR) is 67.4 cm³/mol. The van der Waals surface area contributed by atoms with Crippen molar-refractivity contribution in [3.8, 4) is 0 Å². The third-order valence-corrected chi connectivity index (χ3v) is 3.75. The van der Waals surface area contributed by atoms with Crippen LogP contribution in [0, 0.1) is 0 Å². The Labute approximate surface area is 109 Å². The number of hydrogen-bond acceptors (Lipinski definition) is 6. The van der Waals surface area contributed by atoms with E-state index >= 15 is 0 Å². The van der Waals surface area contributed by atoms with Gasteiger partial charge in [0.1, 0.15) is 4.88 Å². The highest BCUT2D eigenvalue weighted by molar-refractivity contribution is 7.17. The smallest absolute Gasteiger partial charge is 0.347 e.